The number of anilines is 1. The quantitative estimate of drug-likeness (QED) is 0.169. The first kappa shape index (κ1) is 36.3. The number of nitrogens with one attached hydrogen (secondary N) is 1. The summed E-state index contributed by atoms with van der Waals surface area (Å²) < 4.78 is 76.0. The Kier molecular flexibility index (Phi) is 11.8. The molecule has 4 aromatic rings. The second kappa shape index (κ2) is 15.6. The molecule has 0 aliphatic carbocycles. The number of carbonyl (C=O) groups excluding carboxylic acids is 2. The fourth-order valence-corrected chi connectivity index (χ4v) is 6.70. The molecule has 0 heterocycles. The summed E-state index contributed by atoms with van der Waals surface area (Å²) in [7, 11) is -3.14. The van der Waals surface area contributed by atoms with Crippen molar-refractivity contribution in [2.24, 2.45) is 0 Å². The Bertz CT molecular complexity index is 1840. The standard InChI is InChI=1S/C35H35ClF3N3O5S/c1-4-40-34(44)32(20-25-9-6-5-7-10-25)41(22-26-11-8-12-28(19-26)47-3)33(43)23-42(48(45,46)29-16-13-24(2)14-17-29)27-15-18-31(36)30(21-27)35(37,38)39/h5-19,21,32H,4,20,22-23H2,1-3H3,(H,40,44). The maximum absolute atomic E-state index is 14.5. The Morgan fingerprint density at radius 1 is 0.917 bits per heavy atom. The second-order valence-electron chi connectivity index (χ2n) is 11.0. The molecule has 2 amide bonds. The van der Waals surface area contributed by atoms with Crippen LogP contribution in [0.3, 0.4) is 0 Å². The van der Waals surface area contributed by atoms with E-state index in [0.29, 0.717) is 21.7 Å². The monoisotopic (exact) mass is 701 g/mol. The lowest BCUT2D eigenvalue weighted by molar-refractivity contribution is -0.140. The van der Waals surface area contributed by atoms with Gasteiger partial charge in [0.25, 0.3) is 10.0 Å². The van der Waals surface area contributed by atoms with Gasteiger partial charge in [-0.3, -0.25) is 13.9 Å². The Morgan fingerprint density at radius 2 is 1.58 bits per heavy atom. The van der Waals surface area contributed by atoms with Crippen molar-refractivity contribution in [2.45, 2.75) is 43.9 Å². The van der Waals surface area contributed by atoms with E-state index in [1.807, 2.05) is 0 Å². The highest BCUT2D eigenvalue weighted by atomic mass is 35.5. The molecule has 0 aliphatic rings. The molecule has 4 aromatic carbocycles. The van der Waals surface area contributed by atoms with Crippen molar-refractivity contribution in [3.8, 4) is 5.75 Å². The van der Waals surface area contributed by atoms with E-state index in [1.54, 1.807) is 68.4 Å². The van der Waals surface area contributed by atoms with Gasteiger partial charge in [0.2, 0.25) is 11.8 Å². The molecule has 254 valence electrons. The van der Waals surface area contributed by atoms with E-state index in [-0.39, 0.29) is 24.4 Å². The number of likely N-dealkylation sites (N-methyl/N-ethyl adjacent to an activating group) is 1. The molecule has 13 heteroatoms. The molecule has 0 saturated heterocycles. The summed E-state index contributed by atoms with van der Waals surface area (Å²) in [6.07, 6.45) is -4.83. The van der Waals surface area contributed by atoms with Gasteiger partial charge in [-0.2, -0.15) is 13.2 Å². The van der Waals surface area contributed by atoms with Crippen molar-refractivity contribution < 1.29 is 35.9 Å². The number of rotatable bonds is 13. The second-order valence-corrected chi connectivity index (χ2v) is 13.2. The molecule has 0 fully saturated rings. The molecule has 0 radical (unpaired) electrons. The number of ether oxygens (including phenoxy) is 1. The molecule has 4 rings (SSSR count). The minimum absolute atomic E-state index is 0.0757. The predicted octanol–water partition coefficient (Wildman–Crippen LogP) is 6.65. The Morgan fingerprint density at radius 3 is 2.21 bits per heavy atom. The topological polar surface area (TPSA) is 96.0 Å². The number of nitrogens with zero attached hydrogens (tertiary/aromatic N) is 2. The first-order chi connectivity index (χ1) is 22.7. The van der Waals surface area contributed by atoms with Crippen LogP contribution in [-0.2, 0) is 38.8 Å². The van der Waals surface area contributed by atoms with Crippen LogP contribution in [0.25, 0.3) is 0 Å². The highest BCUT2D eigenvalue weighted by Crippen LogP contribution is 2.38. The van der Waals surface area contributed by atoms with Crippen LogP contribution in [0.15, 0.2) is 102 Å². The van der Waals surface area contributed by atoms with Gasteiger partial charge in [-0.05, 0) is 67.4 Å². The Labute approximate surface area is 283 Å². The zero-order valence-corrected chi connectivity index (χ0v) is 28.1. The molecular weight excluding hydrogens is 667 g/mol. The van der Waals surface area contributed by atoms with Gasteiger partial charge < -0.3 is 15.0 Å². The van der Waals surface area contributed by atoms with E-state index < -0.39 is 56.9 Å². The lowest BCUT2D eigenvalue weighted by atomic mass is 10.0. The summed E-state index contributed by atoms with van der Waals surface area (Å²) in [5.74, 6) is -0.831. The van der Waals surface area contributed by atoms with E-state index in [4.69, 9.17) is 16.3 Å². The summed E-state index contributed by atoms with van der Waals surface area (Å²) >= 11 is 5.87. The molecule has 8 nitrogen and oxygen atoms in total. The molecule has 1 unspecified atom stereocenters. The molecule has 0 saturated carbocycles. The Hall–Kier alpha value is -4.55. The lowest BCUT2D eigenvalue weighted by Crippen LogP contribution is -2.53. The number of benzene rings is 4. The predicted molar refractivity (Wildman–Crippen MR) is 178 cm³/mol. The molecule has 0 bridgehead atoms. The van der Waals surface area contributed by atoms with E-state index in [2.05, 4.69) is 5.32 Å². The number of amides is 2. The minimum Gasteiger partial charge on any atom is -0.497 e. The maximum Gasteiger partial charge on any atom is 0.417 e. The van der Waals surface area contributed by atoms with Crippen molar-refractivity contribution in [3.63, 3.8) is 0 Å². The Balaban J connectivity index is 1.87. The van der Waals surface area contributed by atoms with E-state index >= 15 is 0 Å². The molecule has 0 spiro atoms. The number of hydrogen-bond donors (Lipinski definition) is 1. The minimum atomic E-state index is -4.91. The SMILES string of the molecule is CCNC(=O)C(Cc1ccccc1)N(Cc1cccc(OC)c1)C(=O)CN(c1ccc(Cl)c(C(F)(F)F)c1)S(=O)(=O)c1ccc(C)cc1. The number of methoxy groups -OCH3 is 1. The smallest absolute Gasteiger partial charge is 0.417 e. The summed E-state index contributed by atoms with van der Waals surface area (Å²) in [6.45, 7) is 2.66. The number of halogens is 4. The fraction of sp³-hybridized carbons (Fsp3) is 0.257. The van der Waals surface area contributed by atoms with Crippen LogP contribution in [0.4, 0.5) is 18.9 Å². The van der Waals surface area contributed by atoms with Crippen molar-refractivity contribution in [1.82, 2.24) is 10.2 Å². The molecular formula is C35H35ClF3N3O5S. The van der Waals surface area contributed by atoms with Gasteiger partial charge in [-0.1, -0.05) is 71.8 Å². The van der Waals surface area contributed by atoms with E-state index in [1.165, 1.54) is 36.3 Å². The van der Waals surface area contributed by atoms with Crippen LogP contribution in [0.5, 0.6) is 5.75 Å². The van der Waals surface area contributed by atoms with Gasteiger partial charge in [0.05, 0.1) is 28.3 Å². The number of sulfonamides is 1. The number of alkyl halides is 3. The normalized spacial score (nSPS) is 12.2. The van der Waals surface area contributed by atoms with Gasteiger partial charge in [-0.15, -0.1) is 0 Å². The van der Waals surface area contributed by atoms with Gasteiger partial charge in [0, 0.05) is 19.5 Å². The third-order valence-electron chi connectivity index (χ3n) is 7.54. The third-order valence-corrected chi connectivity index (χ3v) is 9.66. The van der Waals surface area contributed by atoms with Crippen LogP contribution >= 0.6 is 11.6 Å². The van der Waals surface area contributed by atoms with Crippen molar-refractivity contribution >= 4 is 39.1 Å². The van der Waals surface area contributed by atoms with Gasteiger partial charge >= 0.3 is 6.18 Å². The van der Waals surface area contributed by atoms with Crippen molar-refractivity contribution in [1.29, 1.82) is 0 Å². The lowest BCUT2D eigenvalue weighted by Gasteiger charge is -2.34. The molecule has 0 aliphatic heterocycles. The van der Waals surface area contributed by atoms with Gasteiger partial charge in [0.15, 0.2) is 0 Å². The summed E-state index contributed by atoms with van der Waals surface area (Å²) in [4.78, 5) is 29.1. The zero-order chi connectivity index (χ0) is 35.1. The maximum atomic E-state index is 14.5. The fourth-order valence-electron chi connectivity index (χ4n) is 5.07. The highest BCUT2D eigenvalue weighted by molar-refractivity contribution is 7.92. The first-order valence-corrected chi connectivity index (χ1v) is 16.8. The summed E-state index contributed by atoms with van der Waals surface area (Å²) in [5, 5.41) is 2.12. The number of aryl methyl sites for hydroxylation is 1. The first-order valence-electron chi connectivity index (χ1n) is 14.9. The average molecular weight is 702 g/mol. The van der Waals surface area contributed by atoms with E-state index in [9.17, 15) is 31.2 Å². The summed E-state index contributed by atoms with van der Waals surface area (Å²) in [5.41, 5.74) is 0.352. The highest BCUT2D eigenvalue weighted by Gasteiger charge is 2.37. The molecule has 0 aromatic heterocycles. The molecule has 48 heavy (non-hydrogen) atoms. The van der Waals surface area contributed by atoms with Gasteiger partial charge in [-0.25, -0.2) is 8.42 Å². The molecule has 1 atom stereocenters. The van der Waals surface area contributed by atoms with Crippen LogP contribution in [0.2, 0.25) is 5.02 Å². The van der Waals surface area contributed by atoms with E-state index in [0.717, 1.165) is 23.3 Å². The summed E-state index contributed by atoms with van der Waals surface area (Å²) in [6, 6.07) is 23.0. The van der Waals surface area contributed by atoms with Crippen LogP contribution in [0, 0.1) is 6.92 Å². The zero-order valence-electron chi connectivity index (χ0n) is 26.5. The van der Waals surface area contributed by atoms with Crippen LogP contribution in [0.1, 0.15) is 29.2 Å². The van der Waals surface area contributed by atoms with Crippen LogP contribution < -0.4 is 14.4 Å². The number of hydrogen-bond acceptors (Lipinski definition) is 5. The largest absolute Gasteiger partial charge is 0.497 e. The third kappa shape index (κ3) is 8.87. The number of carbonyl (C=O) groups is 2. The van der Waals surface area contributed by atoms with Crippen molar-refractivity contribution in [2.75, 3.05) is 24.5 Å². The van der Waals surface area contributed by atoms with Crippen LogP contribution in [-0.4, -0.2) is 51.4 Å². The average Bonchev–Trinajstić information content (AvgIpc) is 3.05. The molecule has 1 N–H and O–H groups in total. The van der Waals surface area contributed by atoms with Gasteiger partial charge in [0.1, 0.15) is 18.3 Å². The van der Waals surface area contributed by atoms with Crippen molar-refractivity contribution in [3.05, 3.63) is 124 Å².